The number of amides is 1. The summed E-state index contributed by atoms with van der Waals surface area (Å²) < 4.78 is 0. The molecule has 0 unspecified atom stereocenters. The van der Waals surface area contributed by atoms with Crippen LogP contribution in [0.4, 0.5) is 0 Å². The number of nitrogens with one attached hydrogen (secondary N) is 2. The van der Waals surface area contributed by atoms with Gasteiger partial charge in [0.15, 0.2) is 0 Å². The fraction of sp³-hybridized carbons (Fsp3) is 0.833. The summed E-state index contributed by atoms with van der Waals surface area (Å²) in [7, 11) is 1.84. The minimum Gasteiger partial charge on any atom is -0.355 e. The van der Waals surface area contributed by atoms with Crippen LogP contribution in [0.15, 0.2) is 0 Å². The highest BCUT2D eigenvalue weighted by Crippen LogP contribution is 1.71. The molecule has 0 aliphatic rings. The number of nitrogens with two attached hydrogens (primary N) is 1. The minimum absolute atomic E-state index is 0.0257. The topological polar surface area (TPSA) is 67.1 Å². The maximum atomic E-state index is 10.7. The largest absolute Gasteiger partial charge is 0.355 e. The number of rotatable bonds is 5. The van der Waals surface area contributed by atoms with Crippen molar-refractivity contribution < 1.29 is 4.79 Å². The fourth-order valence-corrected chi connectivity index (χ4v) is 0.546. The Kier molecular flexibility index (Phi) is 6.11. The summed E-state index contributed by atoms with van der Waals surface area (Å²) in [6.45, 7) is 1.90. The molecule has 0 aromatic carbocycles. The van der Waals surface area contributed by atoms with Crippen molar-refractivity contribution in [2.45, 2.75) is 6.42 Å². The highest BCUT2D eigenvalue weighted by atomic mass is 16.1. The summed E-state index contributed by atoms with van der Waals surface area (Å²) in [6, 6.07) is 0. The van der Waals surface area contributed by atoms with E-state index in [9.17, 15) is 4.79 Å². The van der Waals surface area contributed by atoms with Crippen LogP contribution in [0, 0.1) is 0 Å². The molecule has 0 saturated heterocycles. The Morgan fingerprint density at radius 2 is 2.20 bits per heavy atom. The maximum Gasteiger partial charge on any atom is 0.221 e. The van der Waals surface area contributed by atoms with Gasteiger partial charge in [-0.15, -0.1) is 0 Å². The van der Waals surface area contributed by atoms with E-state index in [0.717, 1.165) is 6.54 Å². The fourth-order valence-electron chi connectivity index (χ4n) is 0.546. The van der Waals surface area contributed by atoms with Crippen molar-refractivity contribution in [2.24, 2.45) is 5.73 Å². The van der Waals surface area contributed by atoms with E-state index in [-0.39, 0.29) is 5.91 Å². The second-order valence-corrected chi connectivity index (χ2v) is 1.99. The Morgan fingerprint density at radius 1 is 1.50 bits per heavy atom. The van der Waals surface area contributed by atoms with E-state index in [2.05, 4.69) is 10.6 Å². The third kappa shape index (κ3) is 5.53. The molecule has 0 spiro atoms. The number of likely N-dealkylation sites (N-methyl/N-ethyl adjacent to an activating group) is 1. The van der Waals surface area contributed by atoms with Crippen LogP contribution in [0.5, 0.6) is 0 Å². The van der Waals surface area contributed by atoms with Crippen molar-refractivity contribution >= 4 is 5.91 Å². The summed E-state index contributed by atoms with van der Waals surface area (Å²) in [5, 5.41) is 5.62. The molecule has 60 valence electrons. The second kappa shape index (κ2) is 6.51. The van der Waals surface area contributed by atoms with Crippen LogP contribution in [0.25, 0.3) is 0 Å². The van der Waals surface area contributed by atoms with Crippen LogP contribution in [-0.4, -0.2) is 32.6 Å². The molecule has 0 saturated carbocycles. The maximum absolute atomic E-state index is 10.7. The van der Waals surface area contributed by atoms with Crippen LogP contribution in [0.1, 0.15) is 6.42 Å². The van der Waals surface area contributed by atoms with E-state index < -0.39 is 0 Å². The lowest BCUT2D eigenvalue weighted by Gasteiger charge is -2.01. The van der Waals surface area contributed by atoms with E-state index >= 15 is 0 Å². The predicted molar refractivity (Wildman–Crippen MR) is 40.6 cm³/mol. The van der Waals surface area contributed by atoms with Crippen molar-refractivity contribution in [3.05, 3.63) is 0 Å². The van der Waals surface area contributed by atoms with Gasteiger partial charge in [-0.1, -0.05) is 0 Å². The van der Waals surface area contributed by atoms with Gasteiger partial charge in [0, 0.05) is 26.1 Å². The van der Waals surface area contributed by atoms with Gasteiger partial charge in [-0.2, -0.15) is 0 Å². The highest BCUT2D eigenvalue weighted by molar-refractivity contribution is 5.75. The Hall–Kier alpha value is -0.610. The van der Waals surface area contributed by atoms with E-state index in [4.69, 9.17) is 5.73 Å². The Bertz CT molecular complexity index is 95.0. The number of hydrogen-bond acceptors (Lipinski definition) is 3. The van der Waals surface area contributed by atoms with Gasteiger partial charge in [0.05, 0.1) is 0 Å². The molecule has 4 heteroatoms. The van der Waals surface area contributed by atoms with Gasteiger partial charge in [-0.3, -0.25) is 4.79 Å². The van der Waals surface area contributed by atoms with Gasteiger partial charge >= 0.3 is 0 Å². The highest BCUT2D eigenvalue weighted by Gasteiger charge is 1.95. The van der Waals surface area contributed by atoms with Crippen LogP contribution < -0.4 is 16.4 Å². The zero-order valence-corrected chi connectivity index (χ0v) is 6.31. The average molecular weight is 145 g/mol. The molecule has 0 rings (SSSR count). The molecule has 0 aliphatic carbocycles. The Labute approximate surface area is 61.2 Å². The Morgan fingerprint density at radius 3 is 2.70 bits per heavy atom. The van der Waals surface area contributed by atoms with Crippen molar-refractivity contribution in [1.29, 1.82) is 0 Å². The zero-order chi connectivity index (χ0) is 7.82. The molecule has 0 aromatic rings. The Balaban J connectivity index is 3.05. The molecule has 4 N–H and O–H groups in total. The van der Waals surface area contributed by atoms with E-state index in [0.29, 0.717) is 19.5 Å². The molecule has 0 aromatic heterocycles. The molecular weight excluding hydrogens is 130 g/mol. The first-order valence-electron chi connectivity index (χ1n) is 3.42. The van der Waals surface area contributed by atoms with Gasteiger partial charge in [0.1, 0.15) is 0 Å². The quantitative estimate of drug-likeness (QED) is 0.420. The molecular formula is C6H15N3O. The third-order valence-electron chi connectivity index (χ3n) is 1.07. The lowest BCUT2D eigenvalue weighted by atomic mass is 10.4. The zero-order valence-electron chi connectivity index (χ0n) is 6.31. The number of carbonyl (C=O) groups is 1. The van der Waals surface area contributed by atoms with Gasteiger partial charge in [-0.05, 0) is 7.05 Å². The molecule has 4 nitrogen and oxygen atoms in total. The number of hydrogen-bond donors (Lipinski definition) is 3. The SMILES string of the molecule is CNCCNC(=O)CCN. The minimum atomic E-state index is 0.0257. The molecule has 0 bridgehead atoms. The van der Waals surface area contributed by atoms with Crippen molar-refractivity contribution in [2.75, 3.05) is 26.7 Å². The lowest BCUT2D eigenvalue weighted by Crippen LogP contribution is -2.31. The summed E-state index contributed by atoms with van der Waals surface area (Å²) in [5.74, 6) is 0.0257. The monoisotopic (exact) mass is 145 g/mol. The lowest BCUT2D eigenvalue weighted by molar-refractivity contribution is -0.120. The molecule has 0 heterocycles. The van der Waals surface area contributed by atoms with Gasteiger partial charge in [0.25, 0.3) is 0 Å². The standard InChI is InChI=1S/C6H15N3O/c1-8-4-5-9-6(10)2-3-7/h8H,2-5,7H2,1H3,(H,9,10). The van der Waals surface area contributed by atoms with Gasteiger partial charge in [-0.25, -0.2) is 0 Å². The molecule has 1 amide bonds. The van der Waals surface area contributed by atoms with Crippen molar-refractivity contribution in [3.63, 3.8) is 0 Å². The summed E-state index contributed by atoms with van der Waals surface area (Å²) in [4.78, 5) is 10.7. The van der Waals surface area contributed by atoms with Crippen molar-refractivity contribution in [1.82, 2.24) is 10.6 Å². The number of carbonyl (C=O) groups excluding carboxylic acids is 1. The van der Waals surface area contributed by atoms with Crippen LogP contribution in [-0.2, 0) is 4.79 Å². The molecule has 0 aliphatic heterocycles. The first kappa shape index (κ1) is 9.39. The van der Waals surface area contributed by atoms with Gasteiger partial charge < -0.3 is 16.4 Å². The van der Waals surface area contributed by atoms with Gasteiger partial charge in [0.2, 0.25) is 5.91 Å². The molecule has 0 radical (unpaired) electrons. The summed E-state index contributed by atoms with van der Waals surface area (Å²) >= 11 is 0. The van der Waals surface area contributed by atoms with Crippen molar-refractivity contribution in [3.8, 4) is 0 Å². The van der Waals surface area contributed by atoms with Crippen LogP contribution in [0.3, 0.4) is 0 Å². The van der Waals surface area contributed by atoms with E-state index in [1.165, 1.54) is 0 Å². The summed E-state index contributed by atoms with van der Waals surface area (Å²) in [6.07, 6.45) is 0.420. The summed E-state index contributed by atoms with van der Waals surface area (Å²) in [5.41, 5.74) is 5.16. The van der Waals surface area contributed by atoms with E-state index in [1.807, 2.05) is 7.05 Å². The van der Waals surface area contributed by atoms with Crippen LogP contribution in [0.2, 0.25) is 0 Å². The molecule has 0 atom stereocenters. The third-order valence-corrected chi connectivity index (χ3v) is 1.07. The first-order valence-corrected chi connectivity index (χ1v) is 3.42. The molecule has 10 heavy (non-hydrogen) atoms. The smallest absolute Gasteiger partial charge is 0.221 e. The second-order valence-electron chi connectivity index (χ2n) is 1.99. The van der Waals surface area contributed by atoms with E-state index in [1.54, 1.807) is 0 Å². The average Bonchev–Trinajstić information content (AvgIpc) is 1.89. The first-order chi connectivity index (χ1) is 4.81. The van der Waals surface area contributed by atoms with Crippen LogP contribution >= 0.6 is 0 Å². The predicted octanol–water partition coefficient (Wildman–Crippen LogP) is -1.33. The molecule has 0 fully saturated rings. The normalized spacial score (nSPS) is 9.40.